The van der Waals surface area contributed by atoms with Gasteiger partial charge in [0.1, 0.15) is 11.3 Å². The summed E-state index contributed by atoms with van der Waals surface area (Å²) in [5, 5.41) is 9.54. The van der Waals surface area contributed by atoms with Crippen LogP contribution in [0.5, 0.6) is 5.75 Å². The molecule has 0 aromatic heterocycles. The topological polar surface area (TPSA) is 46.5 Å². The number of hydrogen-bond donors (Lipinski definition) is 1. The monoisotopic (exact) mass is 280 g/mol. The van der Waals surface area contributed by atoms with Crippen molar-refractivity contribution >= 4 is 5.97 Å². The van der Waals surface area contributed by atoms with Crippen LogP contribution in [-0.2, 0) is 4.74 Å². The molecule has 0 fully saturated rings. The molecule has 3 heteroatoms. The first-order chi connectivity index (χ1) is 9.69. The predicted molar refractivity (Wildman–Crippen MR) is 83.0 cm³/mol. The quantitative estimate of drug-likeness (QED) is 0.730. The first kappa shape index (κ1) is 18.5. The number of carbonyl (C=O) groups excluding carboxylic acids is 1. The number of esters is 1. The Labute approximate surface area is 123 Å². The number of benzene rings is 1. The highest BCUT2D eigenvalue weighted by molar-refractivity contribution is 5.92. The summed E-state index contributed by atoms with van der Waals surface area (Å²) in [6.45, 7) is 8.69. The summed E-state index contributed by atoms with van der Waals surface area (Å²) in [4.78, 5) is 11.8. The fourth-order valence-corrected chi connectivity index (χ4v) is 1.82. The fourth-order valence-electron chi connectivity index (χ4n) is 1.82. The summed E-state index contributed by atoms with van der Waals surface area (Å²) in [7, 11) is 0. The molecule has 0 spiro atoms. The van der Waals surface area contributed by atoms with Crippen LogP contribution in [0.15, 0.2) is 24.3 Å². The molecule has 0 radical (unpaired) electrons. The van der Waals surface area contributed by atoms with Crippen molar-refractivity contribution in [3.8, 4) is 5.75 Å². The number of para-hydroxylation sites is 1. The van der Waals surface area contributed by atoms with E-state index in [0.717, 1.165) is 25.7 Å². The van der Waals surface area contributed by atoms with Crippen molar-refractivity contribution in [2.75, 3.05) is 6.61 Å². The van der Waals surface area contributed by atoms with Gasteiger partial charge in [0.15, 0.2) is 0 Å². The molecule has 0 bridgehead atoms. The molecule has 1 aromatic carbocycles. The van der Waals surface area contributed by atoms with Crippen LogP contribution in [0.25, 0.3) is 0 Å². The summed E-state index contributed by atoms with van der Waals surface area (Å²) in [5.74, 6) is -0.0492. The summed E-state index contributed by atoms with van der Waals surface area (Å²) in [6.07, 6.45) is 4.41. The van der Waals surface area contributed by atoms with Crippen LogP contribution >= 0.6 is 0 Å². The number of phenols is 1. The third kappa shape index (κ3) is 6.60. The summed E-state index contributed by atoms with van der Waals surface area (Å²) in [6, 6.07) is 6.46. The molecule has 0 amide bonds. The number of phenolic OH excluding ortho intramolecular Hbond substituents is 1. The van der Waals surface area contributed by atoms with Crippen LogP contribution in [0.1, 0.15) is 63.7 Å². The molecule has 1 atom stereocenters. The maximum Gasteiger partial charge on any atom is 0.341 e. The van der Waals surface area contributed by atoms with Gasteiger partial charge in [-0.15, -0.1) is 0 Å². The predicted octanol–water partition coefficient (Wildman–Crippen LogP) is 4.79. The van der Waals surface area contributed by atoms with Gasteiger partial charge >= 0.3 is 5.97 Å². The molecule has 1 N–H and O–H groups in total. The SMILES string of the molecule is CC.CCCCC(CC)COC(=O)c1ccccc1O. The van der Waals surface area contributed by atoms with Crippen LogP contribution in [0.4, 0.5) is 0 Å². The van der Waals surface area contributed by atoms with E-state index in [-0.39, 0.29) is 11.3 Å². The minimum absolute atomic E-state index is 0.0240. The molecule has 0 saturated carbocycles. The lowest BCUT2D eigenvalue weighted by Gasteiger charge is -2.14. The Bertz CT molecular complexity index is 374. The average molecular weight is 280 g/mol. The van der Waals surface area contributed by atoms with E-state index in [9.17, 15) is 9.90 Å². The van der Waals surface area contributed by atoms with E-state index < -0.39 is 5.97 Å². The van der Waals surface area contributed by atoms with Crippen LogP contribution in [0, 0.1) is 5.92 Å². The van der Waals surface area contributed by atoms with Gasteiger partial charge in [0.25, 0.3) is 0 Å². The van der Waals surface area contributed by atoms with Gasteiger partial charge < -0.3 is 9.84 Å². The van der Waals surface area contributed by atoms with Crippen molar-refractivity contribution in [2.24, 2.45) is 5.92 Å². The standard InChI is InChI=1S/C15H22O3.C2H6/c1-3-5-8-12(4-2)11-18-15(17)13-9-6-7-10-14(13)16;1-2/h6-7,9-10,12,16H,3-5,8,11H2,1-2H3;1-2H3. The normalized spacial score (nSPS) is 11.2. The van der Waals surface area contributed by atoms with Crippen molar-refractivity contribution in [1.82, 2.24) is 0 Å². The maximum absolute atomic E-state index is 11.8. The molecule has 0 aliphatic heterocycles. The Kier molecular flexibility index (Phi) is 10.5. The number of ether oxygens (including phenoxy) is 1. The minimum Gasteiger partial charge on any atom is -0.507 e. The molecule has 3 nitrogen and oxygen atoms in total. The van der Waals surface area contributed by atoms with Crippen LogP contribution in [0.2, 0.25) is 0 Å². The number of hydrogen-bond acceptors (Lipinski definition) is 3. The second-order valence-corrected chi connectivity index (χ2v) is 4.53. The maximum atomic E-state index is 11.8. The van der Waals surface area contributed by atoms with Crippen molar-refractivity contribution in [1.29, 1.82) is 0 Å². The smallest absolute Gasteiger partial charge is 0.341 e. The zero-order valence-corrected chi connectivity index (χ0v) is 13.2. The molecule has 0 aliphatic carbocycles. The van der Waals surface area contributed by atoms with Gasteiger partial charge in [-0.2, -0.15) is 0 Å². The van der Waals surface area contributed by atoms with Gasteiger partial charge in [0, 0.05) is 0 Å². The first-order valence-electron chi connectivity index (χ1n) is 7.64. The lowest BCUT2D eigenvalue weighted by atomic mass is 10.0. The average Bonchev–Trinajstić information content (AvgIpc) is 2.49. The molecule has 1 unspecified atom stereocenters. The van der Waals surface area contributed by atoms with Crippen LogP contribution in [-0.4, -0.2) is 17.7 Å². The zero-order chi connectivity index (χ0) is 15.4. The molecule has 1 aromatic rings. The van der Waals surface area contributed by atoms with E-state index in [4.69, 9.17) is 4.74 Å². The molecule has 0 aliphatic rings. The van der Waals surface area contributed by atoms with E-state index in [0.29, 0.717) is 12.5 Å². The highest BCUT2D eigenvalue weighted by atomic mass is 16.5. The van der Waals surface area contributed by atoms with Gasteiger partial charge in [-0.25, -0.2) is 4.79 Å². The Morgan fingerprint density at radius 1 is 1.25 bits per heavy atom. The molecule has 0 saturated heterocycles. The number of aromatic hydroxyl groups is 1. The van der Waals surface area contributed by atoms with Crippen molar-refractivity contribution in [2.45, 2.75) is 53.4 Å². The summed E-state index contributed by atoms with van der Waals surface area (Å²) >= 11 is 0. The van der Waals surface area contributed by atoms with Gasteiger partial charge in [-0.3, -0.25) is 0 Å². The van der Waals surface area contributed by atoms with E-state index in [1.165, 1.54) is 6.07 Å². The number of rotatable bonds is 7. The van der Waals surface area contributed by atoms with Crippen molar-refractivity contribution < 1.29 is 14.6 Å². The van der Waals surface area contributed by atoms with E-state index in [2.05, 4.69) is 13.8 Å². The lowest BCUT2D eigenvalue weighted by molar-refractivity contribution is 0.0425. The highest BCUT2D eigenvalue weighted by Gasteiger charge is 2.14. The highest BCUT2D eigenvalue weighted by Crippen LogP contribution is 2.18. The molecule has 0 heterocycles. The third-order valence-electron chi connectivity index (χ3n) is 3.12. The van der Waals surface area contributed by atoms with Gasteiger partial charge in [0.2, 0.25) is 0 Å². The summed E-state index contributed by atoms with van der Waals surface area (Å²) < 4.78 is 5.26. The zero-order valence-electron chi connectivity index (χ0n) is 13.2. The van der Waals surface area contributed by atoms with Crippen LogP contribution < -0.4 is 0 Å². The first-order valence-corrected chi connectivity index (χ1v) is 7.64. The van der Waals surface area contributed by atoms with Crippen molar-refractivity contribution in [3.63, 3.8) is 0 Å². The van der Waals surface area contributed by atoms with E-state index >= 15 is 0 Å². The number of carbonyl (C=O) groups is 1. The number of unbranched alkanes of at least 4 members (excludes halogenated alkanes) is 1. The third-order valence-corrected chi connectivity index (χ3v) is 3.12. The van der Waals surface area contributed by atoms with Gasteiger partial charge in [0.05, 0.1) is 6.61 Å². The van der Waals surface area contributed by atoms with Gasteiger partial charge in [-0.1, -0.05) is 59.1 Å². The Balaban J connectivity index is 0.00000172. The minimum atomic E-state index is -0.442. The van der Waals surface area contributed by atoms with Crippen molar-refractivity contribution in [3.05, 3.63) is 29.8 Å². The van der Waals surface area contributed by atoms with E-state index in [1.807, 2.05) is 13.8 Å². The molecular formula is C17H28O3. The largest absolute Gasteiger partial charge is 0.507 e. The fraction of sp³-hybridized carbons (Fsp3) is 0.588. The molecule has 20 heavy (non-hydrogen) atoms. The Morgan fingerprint density at radius 2 is 1.90 bits per heavy atom. The summed E-state index contributed by atoms with van der Waals surface area (Å²) in [5.41, 5.74) is 0.239. The Hall–Kier alpha value is -1.51. The molecular weight excluding hydrogens is 252 g/mol. The van der Waals surface area contributed by atoms with Gasteiger partial charge in [-0.05, 0) is 24.5 Å². The Morgan fingerprint density at radius 3 is 2.45 bits per heavy atom. The lowest BCUT2D eigenvalue weighted by Crippen LogP contribution is -2.14. The molecule has 1 rings (SSSR count). The van der Waals surface area contributed by atoms with E-state index in [1.54, 1.807) is 18.2 Å². The van der Waals surface area contributed by atoms with Crippen LogP contribution in [0.3, 0.4) is 0 Å². The second kappa shape index (κ2) is 11.3. The second-order valence-electron chi connectivity index (χ2n) is 4.53. The molecule has 114 valence electrons.